The number of ether oxygens (including phenoxy) is 1. The molecule has 3 heterocycles. The lowest BCUT2D eigenvalue weighted by Gasteiger charge is -2.20. The molecule has 3 N–H and O–H groups in total. The number of nitrogens with one attached hydrogen (secondary N) is 2. The van der Waals surface area contributed by atoms with E-state index in [9.17, 15) is 19.1 Å². The van der Waals surface area contributed by atoms with Crippen molar-refractivity contribution in [3.8, 4) is 22.8 Å². The Labute approximate surface area is 215 Å². The molecular formula is C25H23Cl2FN4O4. The summed E-state index contributed by atoms with van der Waals surface area (Å²) in [6, 6.07) is 5.34. The molecule has 1 aromatic carbocycles. The summed E-state index contributed by atoms with van der Waals surface area (Å²) in [4.78, 5) is 32.6. The number of amides is 1. The van der Waals surface area contributed by atoms with Gasteiger partial charge < -0.3 is 24.7 Å². The molecule has 1 amide bonds. The van der Waals surface area contributed by atoms with E-state index in [-0.39, 0.29) is 44.4 Å². The van der Waals surface area contributed by atoms with Crippen LogP contribution in [0, 0.1) is 5.82 Å². The minimum absolute atomic E-state index is 0.0114. The standard InChI is InChI=1S/C25H23Cl2FN4O4/c1-5-29-22(33)19-9-14-16(11-32(4)24(34)20(14)31-19)15-6-12(25(2,3)35)10-30-23(15)36-21-17(26)7-13(28)8-18(21)27/h6-11,31,35H,5H2,1-4H3,(H,29,33). The van der Waals surface area contributed by atoms with Gasteiger partial charge in [0, 0.05) is 48.1 Å². The Balaban J connectivity index is 2.00. The molecule has 0 atom stereocenters. The average Bonchev–Trinajstić information content (AvgIpc) is 3.24. The number of halogens is 3. The molecule has 0 aliphatic rings. The van der Waals surface area contributed by atoms with Crippen LogP contribution in [0.5, 0.6) is 11.6 Å². The highest BCUT2D eigenvalue weighted by molar-refractivity contribution is 6.37. The Kier molecular flexibility index (Phi) is 6.83. The van der Waals surface area contributed by atoms with Crippen molar-refractivity contribution in [3.63, 3.8) is 0 Å². The van der Waals surface area contributed by atoms with Gasteiger partial charge in [-0.25, -0.2) is 9.37 Å². The van der Waals surface area contributed by atoms with Gasteiger partial charge in [-0.15, -0.1) is 0 Å². The van der Waals surface area contributed by atoms with Crippen molar-refractivity contribution in [2.24, 2.45) is 7.05 Å². The van der Waals surface area contributed by atoms with Crippen LogP contribution in [0.15, 0.2) is 41.5 Å². The molecule has 0 aliphatic heterocycles. The van der Waals surface area contributed by atoms with Crippen molar-refractivity contribution in [2.75, 3.05) is 6.54 Å². The molecule has 0 radical (unpaired) electrons. The number of carbonyl (C=O) groups excluding carboxylic acids is 1. The van der Waals surface area contributed by atoms with E-state index >= 15 is 0 Å². The number of hydrogen-bond donors (Lipinski definition) is 3. The largest absolute Gasteiger partial charge is 0.435 e. The first kappa shape index (κ1) is 25.7. The summed E-state index contributed by atoms with van der Waals surface area (Å²) in [5.74, 6) is -0.971. The molecule has 188 valence electrons. The predicted molar refractivity (Wildman–Crippen MR) is 137 cm³/mol. The van der Waals surface area contributed by atoms with Crippen molar-refractivity contribution in [3.05, 3.63) is 74.1 Å². The second kappa shape index (κ2) is 9.57. The highest BCUT2D eigenvalue weighted by Gasteiger charge is 2.24. The Bertz CT molecular complexity index is 1530. The smallest absolute Gasteiger partial charge is 0.274 e. The van der Waals surface area contributed by atoms with Crippen molar-refractivity contribution in [2.45, 2.75) is 26.4 Å². The number of benzene rings is 1. The summed E-state index contributed by atoms with van der Waals surface area (Å²) < 4.78 is 21.0. The van der Waals surface area contributed by atoms with Crippen LogP contribution in [0.25, 0.3) is 22.0 Å². The SMILES string of the molecule is CCNC(=O)c1cc2c(-c3cc(C(C)(C)O)cnc3Oc3c(Cl)cc(F)cc3Cl)cn(C)c(=O)c2[nH]1. The first-order valence-electron chi connectivity index (χ1n) is 11.0. The number of hydrogen-bond acceptors (Lipinski definition) is 5. The van der Waals surface area contributed by atoms with Gasteiger partial charge in [0.05, 0.1) is 15.6 Å². The van der Waals surface area contributed by atoms with Crippen LogP contribution in [0.1, 0.15) is 36.8 Å². The normalized spacial score (nSPS) is 11.7. The van der Waals surface area contributed by atoms with Crippen LogP contribution < -0.4 is 15.6 Å². The topological polar surface area (TPSA) is 109 Å². The molecule has 0 fully saturated rings. The molecule has 3 aromatic heterocycles. The molecule has 0 spiro atoms. The van der Waals surface area contributed by atoms with Crippen LogP contribution in [0.2, 0.25) is 10.0 Å². The van der Waals surface area contributed by atoms with Gasteiger partial charge in [-0.3, -0.25) is 9.59 Å². The van der Waals surface area contributed by atoms with Crippen molar-refractivity contribution < 1.29 is 19.0 Å². The van der Waals surface area contributed by atoms with E-state index in [4.69, 9.17) is 27.9 Å². The lowest BCUT2D eigenvalue weighted by molar-refractivity contribution is 0.0782. The zero-order valence-electron chi connectivity index (χ0n) is 19.9. The number of H-pyrrole nitrogens is 1. The van der Waals surface area contributed by atoms with Crippen LogP contribution in [-0.2, 0) is 12.6 Å². The second-order valence-electron chi connectivity index (χ2n) is 8.73. The average molecular weight is 533 g/mol. The first-order chi connectivity index (χ1) is 16.9. The van der Waals surface area contributed by atoms with Crippen LogP contribution in [-0.4, -0.2) is 32.1 Å². The van der Waals surface area contributed by atoms with Crippen LogP contribution in [0.3, 0.4) is 0 Å². The summed E-state index contributed by atoms with van der Waals surface area (Å²) >= 11 is 12.4. The number of rotatable bonds is 6. The fraction of sp³-hybridized carbons (Fsp3) is 0.240. The number of aromatic amines is 1. The van der Waals surface area contributed by atoms with Gasteiger partial charge in [0.1, 0.15) is 17.0 Å². The number of fused-ring (bicyclic) bond motifs is 1. The maximum Gasteiger partial charge on any atom is 0.274 e. The summed E-state index contributed by atoms with van der Waals surface area (Å²) in [5, 5.41) is 13.6. The maximum atomic E-state index is 13.7. The summed E-state index contributed by atoms with van der Waals surface area (Å²) in [7, 11) is 1.57. The Morgan fingerprint density at radius 3 is 2.50 bits per heavy atom. The molecule has 36 heavy (non-hydrogen) atoms. The fourth-order valence-corrected chi connectivity index (χ4v) is 4.25. The van der Waals surface area contributed by atoms with E-state index < -0.39 is 11.4 Å². The third kappa shape index (κ3) is 4.82. The van der Waals surface area contributed by atoms with Gasteiger partial charge in [0.2, 0.25) is 5.88 Å². The third-order valence-corrected chi connectivity index (χ3v) is 6.12. The minimum Gasteiger partial charge on any atom is -0.435 e. The number of aromatic nitrogens is 3. The Morgan fingerprint density at radius 2 is 1.89 bits per heavy atom. The zero-order chi connectivity index (χ0) is 26.4. The first-order valence-corrected chi connectivity index (χ1v) is 11.7. The third-order valence-electron chi connectivity index (χ3n) is 5.56. The van der Waals surface area contributed by atoms with Crippen molar-refractivity contribution in [1.82, 2.24) is 19.9 Å². The van der Waals surface area contributed by atoms with Gasteiger partial charge in [0.25, 0.3) is 11.5 Å². The van der Waals surface area contributed by atoms with E-state index in [0.717, 1.165) is 12.1 Å². The lowest BCUT2D eigenvalue weighted by Crippen LogP contribution is -2.23. The molecule has 0 saturated carbocycles. The van der Waals surface area contributed by atoms with Gasteiger partial charge in [-0.2, -0.15) is 0 Å². The molecule has 11 heteroatoms. The summed E-state index contributed by atoms with van der Waals surface area (Å²) in [6.45, 7) is 5.39. The monoisotopic (exact) mass is 532 g/mol. The summed E-state index contributed by atoms with van der Waals surface area (Å²) in [5.41, 5.74) is 0.139. The molecule has 8 nitrogen and oxygen atoms in total. The number of aliphatic hydroxyl groups is 1. The fourth-order valence-electron chi connectivity index (χ4n) is 3.71. The van der Waals surface area contributed by atoms with Gasteiger partial charge >= 0.3 is 0 Å². The van der Waals surface area contributed by atoms with Gasteiger partial charge in [-0.1, -0.05) is 23.2 Å². The van der Waals surface area contributed by atoms with Crippen molar-refractivity contribution in [1.29, 1.82) is 0 Å². The summed E-state index contributed by atoms with van der Waals surface area (Å²) in [6.07, 6.45) is 3.01. The van der Waals surface area contributed by atoms with E-state index in [2.05, 4.69) is 15.3 Å². The maximum absolute atomic E-state index is 13.7. The highest BCUT2D eigenvalue weighted by Crippen LogP contribution is 2.42. The predicted octanol–water partition coefficient (Wildman–Crippen LogP) is 5.14. The zero-order valence-corrected chi connectivity index (χ0v) is 21.4. The Morgan fingerprint density at radius 1 is 1.22 bits per heavy atom. The number of carbonyl (C=O) groups is 1. The second-order valence-corrected chi connectivity index (χ2v) is 9.54. The molecule has 0 saturated heterocycles. The minimum atomic E-state index is -1.25. The van der Waals surface area contributed by atoms with Crippen molar-refractivity contribution >= 4 is 40.0 Å². The van der Waals surface area contributed by atoms with Crippen LogP contribution >= 0.6 is 23.2 Å². The van der Waals surface area contributed by atoms with Gasteiger partial charge in [0.15, 0.2) is 5.75 Å². The van der Waals surface area contributed by atoms with Crippen LogP contribution in [0.4, 0.5) is 4.39 Å². The molecule has 4 rings (SSSR count). The number of pyridine rings is 2. The molecule has 0 unspecified atom stereocenters. The quantitative estimate of drug-likeness (QED) is 0.318. The molecule has 0 bridgehead atoms. The van der Waals surface area contributed by atoms with E-state index in [1.807, 2.05) is 0 Å². The number of nitrogens with zero attached hydrogens (tertiary/aromatic N) is 2. The molecule has 4 aromatic rings. The number of aryl methyl sites for hydroxylation is 1. The van der Waals surface area contributed by atoms with E-state index in [1.54, 1.807) is 46.1 Å². The van der Waals surface area contributed by atoms with E-state index in [1.165, 1.54) is 10.8 Å². The molecule has 0 aliphatic carbocycles. The Hall–Kier alpha value is -3.40. The van der Waals surface area contributed by atoms with E-state index in [0.29, 0.717) is 28.6 Å². The lowest BCUT2D eigenvalue weighted by atomic mass is 9.96. The van der Waals surface area contributed by atoms with Gasteiger partial charge in [-0.05, 0) is 45.0 Å². The highest BCUT2D eigenvalue weighted by atomic mass is 35.5. The molecular weight excluding hydrogens is 510 g/mol.